The van der Waals surface area contributed by atoms with Crippen LogP contribution >= 0.6 is 0 Å². The van der Waals surface area contributed by atoms with Crippen molar-refractivity contribution in [2.75, 3.05) is 26.2 Å². The molecule has 1 aliphatic rings. The molecule has 1 aliphatic heterocycles. The summed E-state index contributed by atoms with van der Waals surface area (Å²) in [5, 5.41) is 3.99. The average molecular weight is 331 g/mol. The van der Waals surface area contributed by atoms with Gasteiger partial charge in [0.1, 0.15) is 11.6 Å². The van der Waals surface area contributed by atoms with Crippen LogP contribution in [0.4, 0.5) is 4.39 Å². The highest BCUT2D eigenvalue weighted by molar-refractivity contribution is 5.94. The summed E-state index contributed by atoms with van der Waals surface area (Å²) in [5.41, 5.74) is 2.18. The van der Waals surface area contributed by atoms with Crippen molar-refractivity contribution in [3.05, 3.63) is 52.7 Å². The van der Waals surface area contributed by atoms with E-state index in [4.69, 9.17) is 4.52 Å². The van der Waals surface area contributed by atoms with E-state index in [0.29, 0.717) is 13.1 Å². The third-order valence-corrected chi connectivity index (χ3v) is 4.54. The molecular formula is C18H22FN3O2. The number of carbonyl (C=O) groups is 1. The SMILES string of the molecule is Cc1noc(C)c1CN1CCCN(C(=O)c2ccccc2F)CC1. The largest absolute Gasteiger partial charge is 0.361 e. The minimum absolute atomic E-state index is 0.150. The van der Waals surface area contributed by atoms with Gasteiger partial charge in [-0.25, -0.2) is 4.39 Å². The highest BCUT2D eigenvalue weighted by Crippen LogP contribution is 2.17. The first-order valence-corrected chi connectivity index (χ1v) is 8.24. The van der Waals surface area contributed by atoms with Gasteiger partial charge in [0, 0.05) is 38.3 Å². The second-order valence-electron chi connectivity index (χ2n) is 6.20. The maximum Gasteiger partial charge on any atom is 0.256 e. The zero-order chi connectivity index (χ0) is 17.1. The summed E-state index contributed by atoms with van der Waals surface area (Å²) in [6.45, 7) is 7.51. The minimum Gasteiger partial charge on any atom is -0.361 e. The fourth-order valence-electron chi connectivity index (χ4n) is 3.09. The lowest BCUT2D eigenvalue weighted by molar-refractivity contribution is 0.0756. The molecule has 0 unspecified atom stereocenters. The summed E-state index contributed by atoms with van der Waals surface area (Å²) in [4.78, 5) is 16.6. The Kier molecular flexibility index (Phi) is 4.94. The number of amides is 1. The molecular weight excluding hydrogens is 309 g/mol. The predicted octanol–water partition coefficient (Wildman–Crippen LogP) is 2.78. The molecule has 5 nitrogen and oxygen atoms in total. The standard InChI is InChI=1S/C18H22FN3O2/c1-13-16(14(2)24-20-13)12-21-8-5-9-22(11-10-21)18(23)15-6-3-4-7-17(15)19/h3-4,6-7H,5,8-12H2,1-2H3. The highest BCUT2D eigenvalue weighted by Gasteiger charge is 2.23. The van der Waals surface area contributed by atoms with Crippen LogP contribution in [0.3, 0.4) is 0 Å². The van der Waals surface area contributed by atoms with Crippen molar-refractivity contribution in [2.24, 2.45) is 0 Å². The van der Waals surface area contributed by atoms with E-state index in [2.05, 4.69) is 10.1 Å². The van der Waals surface area contributed by atoms with Gasteiger partial charge in [0.05, 0.1) is 11.3 Å². The Morgan fingerprint density at radius 2 is 2.00 bits per heavy atom. The Bertz CT molecular complexity index is 709. The minimum atomic E-state index is -0.459. The first kappa shape index (κ1) is 16.6. The van der Waals surface area contributed by atoms with E-state index < -0.39 is 5.82 Å². The molecule has 1 fully saturated rings. The predicted molar refractivity (Wildman–Crippen MR) is 88.2 cm³/mol. The van der Waals surface area contributed by atoms with Gasteiger partial charge in [-0.1, -0.05) is 17.3 Å². The van der Waals surface area contributed by atoms with E-state index in [9.17, 15) is 9.18 Å². The van der Waals surface area contributed by atoms with Crippen molar-refractivity contribution in [3.63, 3.8) is 0 Å². The Morgan fingerprint density at radius 1 is 1.21 bits per heavy atom. The van der Waals surface area contributed by atoms with Crippen LogP contribution in [-0.2, 0) is 6.54 Å². The molecule has 0 atom stereocenters. The zero-order valence-corrected chi connectivity index (χ0v) is 14.1. The molecule has 0 radical (unpaired) electrons. The third-order valence-electron chi connectivity index (χ3n) is 4.54. The van der Waals surface area contributed by atoms with Gasteiger partial charge in [0.2, 0.25) is 0 Å². The molecule has 2 heterocycles. The molecule has 0 spiro atoms. The van der Waals surface area contributed by atoms with Gasteiger partial charge >= 0.3 is 0 Å². The maximum atomic E-state index is 13.8. The molecule has 0 N–H and O–H groups in total. The molecule has 2 aromatic rings. The lowest BCUT2D eigenvalue weighted by Gasteiger charge is -2.22. The van der Waals surface area contributed by atoms with Gasteiger partial charge in [0.25, 0.3) is 5.91 Å². The van der Waals surface area contributed by atoms with Crippen LogP contribution in [0.2, 0.25) is 0 Å². The van der Waals surface area contributed by atoms with Gasteiger partial charge < -0.3 is 9.42 Å². The van der Waals surface area contributed by atoms with Gasteiger partial charge in [-0.05, 0) is 32.4 Å². The number of halogens is 1. The molecule has 3 rings (SSSR count). The molecule has 128 valence electrons. The Labute approximate surface area is 141 Å². The Morgan fingerprint density at radius 3 is 2.71 bits per heavy atom. The van der Waals surface area contributed by atoms with Crippen molar-refractivity contribution in [3.8, 4) is 0 Å². The van der Waals surface area contributed by atoms with Crippen molar-refractivity contribution < 1.29 is 13.7 Å². The second-order valence-corrected chi connectivity index (χ2v) is 6.20. The average Bonchev–Trinajstić information content (AvgIpc) is 2.78. The number of hydrogen-bond acceptors (Lipinski definition) is 4. The molecule has 1 amide bonds. The summed E-state index contributed by atoms with van der Waals surface area (Å²) < 4.78 is 19.1. The smallest absolute Gasteiger partial charge is 0.256 e. The topological polar surface area (TPSA) is 49.6 Å². The molecule has 0 aliphatic carbocycles. The number of aromatic nitrogens is 1. The second kappa shape index (κ2) is 7.13. The number of aryl methyl sites for hydroxylation is 2. The van der Waals surface area contributed by atoms with E-state index >= 15 is 0 Å². The summed E-state index contributed by atoms with van der Waals surface area (Å²) in [6, 6.07) is 6.16. The fourth-order valence-corrected chi connectivity index (χ4v) is 3.09. The molecule has 24 heavy (non-hydrogen) atoms. The Hall–Kier alpha value is -2.21. The third kappa shape index (κ3) is 3.48. The Balaban J connectivity index is 1.65. The van der Waals surface area contributed by atoms with Crippen LogP contribution < -0.4 is 0 Å². The maximum absolute atomic E-state index is 13.8. The summed E-state index contributed by atoms with van der Waals surface area (Å²) in [5.74, 6) is 0.155. The lowest BCUT2D eigenvalue weighted by atomic mass is 10.2. The van der Waals surface area contributed by atoms with E-state index in [1.807, 2.05) is 13.8 Å². The van der Waals surface area contributed by atoms with E-state index in [-0.39, 0.29) is 11.5 Å². The van der Waals surface area contributed by atoms with E-state index in [1.165, 1.54) is 6.07 Å². The van der Waals surface area contributed by atoms with Crippen molar-refractivity contribution in [1.82, 2.24) is 15.0 Å². The highest BCUT2D eigenvalue weighted by atomic mass is 19.1. The lowest BCUT2D eigenvalue weighted by Crippen LogP contribution is -2.35. The van der Waals surface area contributed by atoms with Crippen LogP contribution in [-0.4, -0.2) is 47.0 Å². The van der Waals surface area contributed by atoms with Crippen molar-refractivity contribution in [1.29, 1.82) is 0 Å². The number of benzene rings is 1. The quantitative estimate of drug-likeness (QED) is 0.868. The fraction of sp³-hybridized carbons (Fsp3) is 0.444. The number of nitrogens with zero attached hydrogens (tertiary/aromatic N) is 3. The molecule has 0 bridgehead atoms. The van der Waals surface area contributed by atoms with Crippen LogP contribution in [0.5, 0.6) is 0 Å². The van der Waals surface area contributed by atoms with E-state index in [1.54, 1.807) is 23.1 Å². The summed E-state index contributed by atoms with van der Waals surface area (Å²) in [7, 11) is 0. The van der Waals surface area contributed by atoms with Gasteiger partial charge in [-0.15, -0.1) is 0 Å². The monoisotopic (exact) mass is 331 g/mol. The number of hydrogen-bond donors (Lipinski definition) is 0. The summed E-state index contributed by atoms with van der Waals surface area (Å²) >= 11 is 0. The molecule has 0 saturated carbocycles. The van der Waals surface area contributed by atoms with Crippen LogP contribution in [0.1, 0.15) is 33.8 Å². The van der Waals surface area contributed by atoms with Crippen LogP contribution in [0.15, 0.2) is 28.8 Å². The molecule has 1 saturated heterocycles. The van der Waals surface area contributed by atoms with E-state index in [0.717, 1.165) is 43.1 Å². The molecule has 1 aromatic heterocycles. The number of rotatable bonds is 3. The summed E-state index contributed by atoms with van der Waals surface area (Å²) in [6.07, 6.45) is 0.865. The molecule has 1 aromatic carbocycles. The van der Waals surface area contributed by atoms with Crippen molar-refractivity contribution >= 4 is 5.91 Å². The van der Waals surface area contributed by atoms with Crippen LogP contribution in [0, 0.1) is 19.7 Å². The van der Waals surface area contributed by atoms with Crippen LogP contribution in [0.25, 0.3) is 0 Å². The zero-order valence-electron chi connectivity index (χ0n) is 14.1. The van der Waals surface area contributed by atoms with Gasteiger partial charge in [0.15, 0.2) is 0 Å². The first-order valence-electron chi connectivity index (χ1n) is 8.24. The first-order chi connectivity index (χ1) is 11.6. The van der Waals surface area contributed by atoms with Crippen molar-refractivity contribution in [2.45, 2.75) is 26.8 Å². The normalized spacial score (nSPS) is 16.2. The number of carbonyl (C=O) groups excluding carboxylic acids is 1. The van der Waals surface area contributed by atoms with Gasteiger partial charge in [-0.2, -0.15) is 0 Å². The molecule has 6 heteroatoms. The van der Waals surface area contributed by atoms with Gasteiger partial charge in [-0.3, -0.25) is 9.69 Å².